The highest BCUT2D eigenvalue weighted by atomic mass is 16.6. The van der Waals surface area contributed by atoms with Crippen LogP contribution in [-0.4, -0.2) is 34.7 Å². The first-order chi connectivity index (χ1) is 12.0. The monoisotopic (exact) mass is 343 g/mol. The number of amides is 1. The Morgan fingerprint density at radius 1 is 1.24 bits per heavy atom. The molecule has 2 rings (SSSR count). The van der Waals surface area contributed by atoms with Gasteiger partial charge in [0.25, 0.3) is 11.6 Å². The molecule has 2 N–H and O–H groups in total. The van der Waals surface area contributed by atoms with E-state index in [4.69, 9.17) is 9.94 Å². The Kier molecular flexibility index (Phi) is 5.77. The van der Waals surface area contributed by atoms with Crippen molar-refractivity contribution in [2.24, 2.45) is 5.16 Å². The lowest BCUT2D eigenvalue weighted by Gasteiger charge is -2.07. The molecule has 0 aliphatic carbocycles. The highest BCUT2D eigenvalue weighted by Crippen LogP contribution is 2.14. The Hall–Kier alpha value is -3.75. The quantitative estimate of drug-likeness (QED) is 0.450. The van der Waals surface area contributed by atoms with Crippen molar-refractivity contribution in [3.05, 3.63) is 69.8 Å². The number of aromatic carboxylic acids is 1. The van der Waals surface area contributed by atoms with Crippen molar-refractivity contribution in [2.45, 2.75) is 0 Å². The van der Waals surface area contributed by atoms with Crippen LogP contribution in [0.4, 0.5) is 11.4 Å². The van der Waals surface area contributed by atoms with Gasteiger partial charge < -0.3 is 15.3 Å². The molecule has 0 spiro atoms. The molecule has 0 bridgehead atoms. The molecule has 128 valence electrons. The van der Waals surface area contributed by atoms with Gasteiger partial charge in [-0.2, -0.15) is 0 Å². The lowest BCUT2D eigenvalue weighted by Crippen LogP contribution is -2.18. The summed E-state index contributed by atoms with van der Waals surface area (Å²) in [5.41, 5.74) is 0.444. The van der Waals surface area contributed by atoms with E-state index in [-0.39, 0.29) is 16.9 Å². The van der Waals surface area contributed by atoms with Gasteiger partial charge in [-0.25, -0.2) is 4.79 Å². The van der Waals surface area contributed by atoms with Crippen LogP contribution in [0.15, 0.2) is 53.7 Å². The van der Waals surface area contributed by atoms with Crippen LogP contribution in [-0.2, 0) is 9.63 Å². The van der Waals surface area contributed by atoms with Gasteiger partial charge in [0.05, 0.1) is 22.4 Å². The van der Waals surface area contributed by atoms with Crippen molar-refractivity contribution in [1.29, 1.82) is 0 Å². The van der Waals surface area contributed by atoms with Crippen molar-refractivity contribution < 1.29 is 24.5 Å². The van der Waals surface area contributed by atoms with Gasteiger partial charge in [-0.3, -0.25) is 14.9 Å². The van der Waals surface area contributed by atoms with E-state index >= 15 is 0 Å². The molecule has 0 heterocycles. The lowest BCUT2D eigenvalue weighted by atomic mass is 10.2. The number of oxime groups is 1. The van der Waals surface area contributed by atoms with Crippen molar-refractivity contribution in [3.8, 4) is 0 Å². The molecule has 0 aliphatic heterocycles. The normalized spacial score (nSPS) is 10.4. The van der Waals surface area contributed by atoms with Crippen molar-refractivity contribution in [2.75, 3.05) is 11.9 Å². The van der Waals surface area contributed by atoms with Crippen LogP contribution in [0.2, 0.25) is 0 Å². The largest absolute Gasteiger partial charge is 0.478 e. The van der Waals surface area contributed by atoms with Crippen LogP contribution in [0.5, 0.6) is 0 Å². The molecule has 0 atom stereocenters. The molecule has 0 aliphatic rings. The Morgan fingerprint density at radius 2 is 2.00 bits per heavy atom. The second-order valence-corrected chi connectivity index (χ2v) is 4.76. The first-order valence-corrected chi connectivity index (χ1v) is 6.99. The van der Waals surface area contributed by atoms with Gasteiger partial charge in [-0.15, -0.1) is 0 Å². The Labute approximate surface area is 141 Å². The molecule has 2 aromatic carbocycles. The van der Waals surface area contributed by atoms with Crippen LogP contribution in [0.3, 0.4) is 0 Å². The number of para-hydroxylation sites is 1. The Balaban J connectivity index is 1.90. The highest BCUT2D eigenvalue weighted by Gasteiger charge is 2.11. The van der Waals surface area contributed by atoms with E-state index in [0.29, 0.717) is 5.56 Å². The van der Waals surface area contributed by atoms with Crippen LogP contribution < -0.4 is 5.32 Å². The number of nitro benzene ring substituents is 1. The lowest BCUT2D eigenvalue weighted by molar-refractivity contribution is -0.384. The number of hydrogen-bond acceptors (Lipinski definition) is 6. The van der Waals surface area contributed by atoms with Gasteiger partial charge in [0.15, 0.2) is 6.61 Å². The third-order valence-corrected chi connectivity index (χ3v) is 2.98. The molecular formula is C16H13N3O6. The first-order valence-electron chi connectivity index (χ1n) is 6.99. The summed E-state index contributed by atoms with van der Waals surface area (Å²) in [4.78, 5) is 37.7. The number of carboxylic acids is 1. The molecule has 25 heavy (non-hydrogen) atoms. The summed E-state index contributed by atoms with van der Waals surface area (Å²) in [5.74, 6) is -1.76. The maximum atomic E-state index is 11.7. The predicted octanol–water partition coefficient (Wildman–Crippen LogP) is 2.28. The van der Waals surface area contributed by atoms with Crippen LogP contribution in [0.25, 0.3) is 0 Å². The van der Waals surface area contributed by atoms with Crippen LogP contribution in [0, 0.1) is 10.1 Å². The second kappa shape index (κ2) is 8.20. The van der Waals surface area contributed by atoms with Gasteiger partial charge in [0.1, 0.15) is 0 Å². The second-order valence-electron chi connectivity index (χ2n) is 4.76. The number of non-ortho nitro benzene ring substituents is 1. The predicted molar refractivity (Wildman–Crippen MR) is 88.7 cm³/mol. The van der Waals surface area contributed by atoms with Gasteiger partial charge in [0.2, 0.25) is 0 Å². The van der Waals surface area contributed by atoms with E-state index in [1.807, 2.05) is 0 Å². The average molecular weight is 343 g/mol. The summed E-state index contributed by atoms with van der Waals surface area (Å²) in [6.45, 7) is -0.445. The van der Waals surface area contributed by atoms with E-state index in [1.165, 1.54) is 36.5 Å². The van der Waals surface area contributed by atoms with Crippen LogP contribution in [0.1, 0.15) is 15.9 Å². The number of carboxylic acid groups (broad SMARTS) is 1. The third kappa shape index (κ3) is 5.13. The molecule has 0 saturated carbocycles. The summed E-state index contributed by atoms with van der Waals surface area (Å²) < 4.78 is 0. The molecule has 2 aromatic rings. The number of carbonyl (C=O) groups excluding carboxylic acids is 1. The number of anilines is 1. The molecule has 9 nitrogen and oxygen atoms in total. The van der Waals surface area contributed by atoms with Crippen molar-refractivity contribution in [1.82, 2.24) is 0 Å². The van der Waals surface area contributed by atoms with Gasteiger partial charge in [0, 0.05) is 17.7 Å². The summed E-state index contributed by atoms with van der Waals surface area (Å²) in [6, 6.07) is 11.7. The summed E-state index contributed by atoms with van der Waals surface area (Å²) in [6.07, 6.45) is 1.23. The SMILES string of the molecule is O=C(CO/N=C/c1cccc([N+](=O)[O-])c1)Nc1ccccc1C(=O)O. The highest BCUT2D eigenvalue weighted by molar-refractivity contribution is 6.00. The van der Waals surface area contributed by atoms with Crippen molar-refractivity contribution in [3.63, 3.8) is 0 Å². The van der Waals surface area contributed by atoms with Gasteiger partial charge in [-0.05, 0) is 12.1 Å². The molecular weight excluding hydrogens is 330 g/mol. The number of carbonyl (C=O) groups is 2. The minimum Gasteiger partial charge on any atom is -0.478 e. The maximum absolute atomic E-state index is 11.7. The zero-order valence-electron chi connectivity index (χ0n) is 12.8. The van der Waals surface area contributed by atoms with Crippen molar-refractivity contribution >= 4 is 29.5 Å². The van der Waals surface area contributed by atoms with Gasteiger partial charge in [-0.1, -0.05) is 29.4 Å². The number of nitrogens with zero attached hydrogens (tertiary/aromatic N) is 2. The molecule has 0 aromatic heterocycles. The minimum absolute atomic E-state index is 0.0454. The Bertz CT molecular complexity index is 834. The topological polar surface area (TPSA) is 131 Å². The standard InChI is InChI=1S/C16H13N3O6/c20-15(18-14-7-2-1-6-13(14)16(21)22)10-25-17-9-11-4-3-5-12(8-11)19(23)24/h1-9H,10H2,(H,18,20)(H,21,22)/b17-9+. The van der Waals surface area contributed by atoms with Gasteiger partial charge >= 0.3 is 5.97 Å². The zero-order chi connectivity index (χ0) is 18.2. The van der Waals surface area contributed by atoms with E-state index in [9.17, 15) is 19.7 Å². The van der Waals surface area contributed by atoms with Crippen LogP contribution >= 0.6 is 0 Å². The summed E-state index contributed by atoms with van der Waals surface area (Å²) >= 11 is 0. The zero-order valence-corrected chi connectivity index (χ0v) is 12.8. The molecule has 0 fully saturated rings. The molecule has 0 radical (unpaired) electrons. The number of nitrogens with one attached hydrogen (secondary N) is 1. The average Bonchev–Trinajstić information content (AvgIpc) is 2.59. The van der Waals surface area contributed by atoms with E-state index in [1.54, 1.807) is 18.2 Å². The first kappa shape index (κ1) is 17.6. The third-order valence-electron chi connectivity index (χ3n) is 2.98. The minimum atomic E-state index is -1.17. The van der Waals surface area contributed by atoms with E-state index < -0.39 is 23.4 Å². The molecule has 9 heteroatoms. The fourth-order valence-corrected chi connectivity index (χ4v) is 1.88. The Morgan fingerprint density at radius 3 is 2.72 bits per heavy atom. The summed E-state index contributed by atoms with van der Waals surface area (Å²) in [7, 11) is 0. The maximum Gasteiger partial charge on any atom is 0.337 e. The molecule has 0 unspecified atom stereocenters. The van der Waals surface area contributed by atoms with E-state index in [0.717, 1.165) is 0 Å². The fraction of sp³-hybridized carbons (Fsp3) is 0.0625. The number of benzene rings is 2. The summed E-state index contributed by atoms with van der Waals surface area (Å²) in [5, 5.41) is 25.6. The number of hydrogen-bond donors (Lipinski definition) is 2. The smallest absolute Gasteiger partial charge is 0.337 e. The fourth-order valence-electron chi connectivity index (χ4n) is 1.88. The number of nitro groups is 1. The van der Waals surface area contributed by atoms with E-state index in [2.05, 4.69) is 10.5 Å². The molecule has 0 saturated heterocycles. The molecule has 1 amide bonds. The number of rotatable bonds is 7.